The molecule has 0 aliphatic heterocycles. The van der Waals surface area contributed by atoms with Crippen LogP contribution in [0.25, 0.3) is 10.9 Å². The minimum absolute atomic E-state index is 0.0751. The van der Waals surface area contributed by atoms with Gasteiger partial charge in [0.15, 0.2) is 11.4 Å². The first-order valence-corrected chi connectivity index (χ1v) is 6.03. The number of carbonyl (C=O) groups excluding carboxylic acids is 1. The van der Waals surface area contributed by atoms with E-state index in [0.717, 1.165) is 0 Å². The number of nitrogens with zero attached hydrogens (tertiary/aromatic N) is 2. The summed E-state index contributed by atoms with van der Waals surface area (Å²) in [7, 11) is 0. The third-order valence-corrected chi connectivity index (χ3v) is 2.92. The fourth-order valence-electron chi connectivity index (χ4n) is 1.78. The third-order valence-electron chi connectivity index (χ3n) is 2.69. The Labute approximate surface area is 117 Å². The average Bonchev–Trinajstić information content (AvgIpc) is 3.04. The molecule has 2 N–H and O–H groups in total. The third kappa shape index (κ3) is 2.17. The molecule has 0 radical (unpaired) electrons. The number of nitrogens with one attached hydrogen (secondary N) is 1. The van der Waals surface area contributed by atoms with Crippen LogP contribution in [0.1, 0.15) is 10.6 Å². The van der Waals surface area contributed by atoms with E-state index in [1.165, 1.54) is 12.3 Å². The highest BCUT2D eigenvalue weighted by Crippen LogP contribution is 2.36. The number of hydrogen-bond donors (Lipinski definition) is 2. The average molecular weight is 290 g/mol. The van der Waals surface area contributed by atoms with Gasteiger partial charge in [0.05, 0.1) is 11.8 Å². The number of azo groups is 1. The minimum Gasteiger partial charge on any atom is -0.493 e. The molecule has 6 nitrogen and oxygen atoms in total. The monoisotopic (exact) mass is 289 g/mol. The van der Waals surface area contributed by atoms with Crippen LogP contribution in [0.3, 0.4) is 0 Å². The number of H-pyrrole nitrogens is 1. The molecule has 0 bridgehead atoms. The van der Waals surface area contributed by atoms with E-state index in [-0.39, 0.29) is 17.3 Å². The van der Waals surface area contributed by atoms with Gasteiger partial charge in [-0.05, 0) is 30.3 Å². The normalized spacial score (nSPS) is 11.4. The van der Waals surface area contributed by atoms with Gasteiger partial charge in [0.2, 0.25) is 5.88 Å². The Bertz CT molecular complexity index is 806. The summed E-state index contributed by atoms with van der Waals surface area (Å²) < 4.78 is 4.91. The van der Waals surface area contributed by atoms with Crippen LogP contribution in [-0.2, 0) is 0 Å². The Kier molecular flexibility index (Phi) is 3.00. The van der Waals surface area contributed by atoms with Gasteiger partial charge in [-0.25, -0.2) is 0 Å². The van der Waals surface area contributed by atoms with E-state index in [1.54, 1.807) is 24.3 Å². The quantitative estimate of drug-likeness (QED) is 0.697. The van der Waals surface area contributed by atoms with Gasteiger partial charge in [-0.3, -0.25) is 4.79 Å². The van der Waals surface area contributed by atoms with Crippen molar-refractivity contribution in [3.05, 3.63) is 47.4 Å². The number of aromatic hydroxyl groups is 1. The maximum absolute atomic E-state index is 11.6. The number of fused-ring (bicyclic) bond motifs is 1. The van der Waals surface area contributed by atoms with Gasteiger partial charge in [-0.15, -0.1) is 10.2 Å². The van der Waals surface area contributed by atoms with Gasteiger partial charge in [-0.2, -0.15) is 0 Å². The van der Waals surface area contributed by atoms with Crippen LogP contribution in [-0.4, -0.2) is 16.0 Å². The largest absolute Gasteiger partial charge is 0.493 e. The van der Waals surface area contributed by atoms with Gasteiger partial charge < -0.3 is 14.5 Å². The van der Waals surface area contributed by atoms with E-state index in [4.69, 9.17) is 16.0 Å². The fraction of sp³-hybridized carbons (Fsp3) is 0. The summed E-state index contributed by atoms with van der Waals surface area (Å²) in [5, 5.41) is 18.1. The zero-order chi connectivity index (χ0) is 14.1. The number of halogens is 1. The molecule has 0 saturated heterocycles. The Hall–Kier alpha value is -2.60. The molecule has 0 aliphatic rings. The van der Waals surface area contributed by atoms with E-state index in [2.05, 4.69) is 15.2 Å². The maximum atomic E-state index is 11.6. The van der Waals surface area contributed by atoms with Crippen molar-refractivity contribution in [1.82, 2.24) is 4.98 Å². The van der Waals surface area contributed by atoms with Crippen LogP contribution in [0.5, 0.6) is 5.88 Å². The summed E-state index contributed by atoms with van der Waals surface area (Å²) in [5.41, 5.74) is 0.800. The second kappa shape index (κ2) is 4.82. The van der Waals surface area contributed by atoms with E-state index < -0.39 is 5.91 Å². The number of benzene rings is 1. The van der Waals surface area contributed by atoms with Crippen LogP contribution in [0, 0.1) is 0 Å². The molecule has 2 aromatic heterocycles. The molecule has 2 heterocycles. The molecule has 0 spiro atoms. The van der Waals surface area contributed by atoms with Crippen molar-refractivity contribution >= 4 is 34.1 Å². The van der Waals surface area contributed by atoms with Crippen LogP contribution >= 0.6 is 11.6 Å². The lowest BCUT2D eigenvalue weighted by Gasteiger charge is -1.92. The van der Waals surface area contributed by atoms with Gasteiger partial charge in [0.1, 0.15) is 0 Å². The topological polar surface area (TPSA) is 91.0 Å². The predicted octanol–water partition coefficient (Wildman–Crippen LogP) is 4.04. The first-order chi connectivity index (χ1) is 9.65. The summed E-state index contributed by atoms with van der Waals surface area (Å²) >= 11 is 5.89. The number of furan rings is 1. The summed E-state index contributed by atoms with van der Waals surface area (Å²) in [4.78, 5) is 14.4. The van der Waals surface area contributed by atoms with Crippen LogP contribution in [0.15, 0.2) is 51.2 Å². The molecule has 3 rings (SSSR count). The van der Waals surface area contributed by atoms with Crippen molar-refractivity contribution < 1.29 is 14.3 Å². The SMILES string of the molecule is O=C(N=Nc1c(O)[nH]c2ccc(Cl)cc12)c1ccco1. The molecular weight excluding hydrogens is 282 g/mol. The molecule has 0 aliphatic carbocycles. The highest BCUT2D eigenvalue weighted by Gasteiger charge is 2.12. The van der Waals surface area contributed by atoms with Crippen LogP contribution in [0.4, 0.5) is 5.69 Å². The van der Waals surface area contributed by atoms with Crippen molar-refractivity contribution in [1.29, 1.82) is 0 Å². The molecule has 3 aromatic rings. The van der Waals surface area contributed by atoms with Crippen molar-refractivity contribution in [2.24, 2.45) is 10.2 Å². The highest BCUT2D eigenvalue weighted by molar-refractivity contribution is 6.31. The van der Waals surface area contributed by atoms with E-state index in [0.29, 0.717) is 15.9 Å². The number of amides is 1. The van der Waals surface area contributed by atoms with Gasteiger partial charge in [-0.1, -0.05) is 11.6 Å². The number of hydrogen-bond acceptors (Lipinski definition) is 4. The highest BCUT2D eigenvalue weighted by atomic mass is 35.5. The van der Waals surface area contributed by atoms with Crippen molar-refractivity contribution in [2.75, 3.05) is 0 Å². The second-order valence-corrected chi connectivity index (χ2v) is 4.43. The smallest absolute Gasteiger partial charge is 0.331 e. The summed E-state index contributed by atoms with van der Waals surface area (Å²) in [5.74, 6) is -0.741. The molecular formula is C13H8ClN3O3. The molecule has 20 heavy (non-hydrogen) atoms. The second-order valence-electron chi connectivity index (χ2n) is 3.99. The molecule has 0 saturated carbocycles. The van der Waals surface area contributed by atoms with E-state index in [1.807, 2.05) is 0 Å². The van der Waals surface area contributed by atoms with Gasteiger partial charge in [0, 0.05) is 10.4 Å². The summed E-state index contributed by atoms with van der Waals surface area (Å²) in [6.45, 7) is 0. The Morgan fingerprint density at radius 2 is 2.20 bits per heavy atom. The van der Waals surface area contributed by atoms with Crippen LogP contribution in [0.2, 0.25) is 5.02 Å². The Morgan fingerprint density at radius 3 is 2.95 bits per heavy atom. The Balaban J connectivity index is 2.00. The number of carbonyl (C=O) groups is 1. The van der Waals surface area contributed by atoms with Gasteiger partial charge in [0.25, 0.3) is 0 Å². The maximum Gasteiger partial charge on any atom is 0.331 e. The molecule has 0 atom stereocenters. The molecule has 100 valence electrons. The fourth-order valence-corrected chi connectivity index (χ4v) is 1.95. The lowest BCUT2D eigenvalue weighted by Crippen LogP contribution is -1.89. The first kappa shape index (κ1) is 12.4. The Morgan fingerprint density at radius 1 is 1.35 bits per heavy atom. The predicted molar refractivity (Wildman–Crippen MR) is 72.5 cm³/mol. The first-order valence-electron chi connectivity index (χ1n) is 5.65. The van der Waals surface area contributed by atoms with Crippen molar-refractivity contribution in [3.63, 3.8) is 0 Å². The zero-order valence-electron chi connectivity index (χ0n) is 10.0. The molecule has 1 aromatic carbocycles. The molecule has 1 amide bonds. The molecule has 0 fully saturated rings. The number of aromatic nitrogens is 1. The standard InChI is InChI=1S/C13H8ClN3O3/c14-7-3-4-9-8(6-7)11(13(19)15-9)16-17-12(18)10-2-1-5-20-10/h1-6,15,19H. The van der Waals surface area contributed by atoms with E-state index in [9.17, 15) is 9.90 Å². The lowest BCUT2D eigenvalue weighted by molar-refractivity contribution is 0.0968. The summed E-state index contributed by atoms with van der Waals surface area (Å²) in [6, 6.07) is 8.05. The number of aromatic amines is 1. The zero-order valence-corrected chi connectivity index (χ0v) is 10.8. The minimum atomic E-state index is -0.634. The van der Waals surface area contributed by atoms with Crippen LogP contribution < -0.4 is 0 Å². The molecule has 0 unspecified atom stereocenters. The molecule has 7 heteroatoms. The van der Waals surface area contributed by atoms with Gasteiger partial charge >= 0.3 is 5.91 Å². The summed E-state index contributed by atoms with van der Waals surface area (Å²) in [6.07, 6.45) is 1.37. The van der Waals surface area contributed by atoms with Crippen molar-refractivity contribution in [2.45, 2.75) is 0 Å². The lowest BCUT2D eigenvalue weighted by atomic mass is 10.2. The number of rotatable bonds is 2. The van der Waals surface area contributed by atoms with E-state index >= 15 is 0 Å². The van der Waals surface area contributed by atoms with Crippen molar-refractivity contribution in [3.8, 4) is 5.88 Å².